The van der Waals surface area contributed by atoms with Crippen LogP contribution in [0.5, 0.6) is 0 Å². The minimum atomic E-state index is 0.0254. The first kappa shape index (κ1) is 6.58. The summed E-state index contributed by atoms with van der Waals surface area (Å²) < 4.78 is 8.99. The van der Waals surface area contributed by atoms with Crippen LogP contribution >= 0.6 is 0 Å². The third-order valence-corrected chi connectivity index (χ3v) is 1.25. The van der Waals surface area contributed by atoms with Crippen LogP contribution in [-0.4, -0.2) is 20.7 Å². The molecule has 2 heterocycles. The fourth-order valence-corrected chi connectivity index (χ4v) is 0.724. The zero-order valence-corrected chi connectivity index (χ0v) is 5.76. The van der Waals surface area contributed by atoms with Crippen LogP contribution in [0, 0.1) is 0 Å². The van der Waals surface area contributed by atoms with Crippen LogP contribution in [0.3, 0.4) is 0 Å². The summed E-state index contributed by atoms with van der Waals surface area (Å²) in [5.41, 5.74) is 11.1. The Morgan fingerprint density at radius 2 is 1.25 bits per heavy atom. The molecular weight excluding hydrogens is 164 g/mol. The second-order valence-corrected chi connectivity index (χ2v) is 1.97. The van der Waals surface area contributed by atoms with Gasteiger partial charge in [0.15, 0.2) is 11.4 Å². The molecule has 0 radical (unpaired) electrons. The van der Waals surface area contributed by atoms with Crippen molar-refractivity contribution in [2.75, 3.05) is 11.5 Å². The second kappa shape index (κ2) is 2.19. The summed E-state index contributed by atoms with van der Waals surface area (Å²) in [6.07, 6.45) is 0. The summed E-state index contributed by atoms with van der Waals surface area (Å²) in [4.78, 5) is 0. The van der Waals surface area contributed by atoms with Crippen molar-refractivity contribution in [3.63, 3.8) is 0 Å². The van der Waals surface area contributed by atoms with E-state index >= 15 is 0 Å². The highest BCUT2D eigenvalue weighted by Gasteiger charge is 2.17. The summed E-state index contributed by atoms with van der Waals surface area (Å²) in [7, 11) is 0. The van der Waals surface area contributed by atoms with Crippen molar-refractivity contribution in [1.82, 2.24) is 20.7 Å². The summed E-state index contributed by atoms with van der Waals surface area (Å²) in [6, 6.07) is 0. The van der Waals surface area contributed by atoms with Gasteiger partial charge in [0.05, 0.1) is 0 Å². The number of nitrogens with two attached hydrogens (primary N) is 2. The number of nitrogen functional groups attached to an aromatic ring is 2. The molecule has 12 heavy (non-hydrogen) atoms. The molecular formula is C4H4N6O2. The van der Waals surface area contributed by atoms with Crippen molar-refractivity contribution in [3.05, 3.63) is 0 Å². The molecule has 0 amide bonds. The van der Waals surface area contributed by atoms with Gasteiger partial charge in [-0.25, -0.2) is 0 Å². The van der Waals surface area contributed by atoms with Gasteiger partial charge < -0.3 is 20.5 Å². The maximum Gasteiger partial charge on any atom is 0.252 e. The van der Waals surface area contributed by atoms with E-state index in [1.165, 1.54) is 0 Å². The largest absolute Gasteiger partial charge is 0.366 e. The van der Waals surface area contributed by atoms with E-state index in [0.29, 0.717) is 0 Å². The molecule has 62 valence electrons. The van der Waals surface area contributed by atoms with Crippen LogP contribution in [0.1, 0.15) is 0 Å². The zero-order valence-electron chi connectivity index (χ0n) is 5.76. The van der Waals surface area contributed by atoms with E-state index in [1.54, 1.807) is 0 Å². The molecule has 0 aliphatic rings. The molecule has 0 unspecified atom stereocenters. The third kappa shape index (κ3) is 0.779. The summed E-state index contributed by atoms with van der Waals surface area (Å²) >= 11 is 0. The number of hydrogen-bond donors (Lipinski definition) is 2. The topological polar surface area (TPSA) is 130 Å². The van der Waals surface area contributed by atoms with Gasteiger partial charge in [0, 0.05) is 10.5 Å². The van der Waals surface area contributed by atoms with E-state index in [1.807, 2.05) is 0 Å². The van der Waals surface area contributed by atoms with Crippen molar-refractivity contribution in [2.45, 2.75) is 0 Å². The van der Waals surface area contributed by atoms with E-state index in [-0.39, 0.29) is 23.2 Å². The molecule has 0 spiro atoms. The van der Waals surface area contributed by atoms with Gasteiger partial charge in [0.1, 0.15) is 0 Å². The standard InChI is InChI=1S/C4H4N6O2/c5-3-1(7-9-11-3)2-4(6)12-10-8-2/h5-6H2. The van der Waals surface area contributed by atoms with Gasteiger partial charge in [0.2, 0.25) is 0 Å². The Kier molecular flexibility index (Phi) is 1.20. The van der Waals surface area contributed by atoms with Crippen LogP contribution in [-0.2, 0) is 0 Å². The molecule has 0 aliphatic heterocycles. The molecule has 2 aromatic heterocycles. The average molecular weight is 168 g/mol. The Balaban J connectivity index is 2.57. The highest BCUT2D eigenvalue weighted by Crippen LogP contribution is 2.24. The normalized spacial score (nSPS) is 10.3. The van der Waals surface area contributed by atoms with E-state index < -0.39 is 0 Å². The predicted octanol–water partition coefficient (Wildman–Crippen LogP) is -0.716. The van der Waals surface area contributed by atoms with Crippen LogP contribution < -0.4 is 11.5 Å². The Morgan fingerprint density at radius 1 is 0.833 bits per heavy atom. The lowest BCUT2D eigenvalue weighted by Gasteiger charge is -1.86. The minimum Gasteiger partial charge on any atom is -0.366 e. The van der Waals surface area contributed by atoms with Gasteiger partial charge in [-0.15, -0.1) is 10.2 Å². The van der Waals surface area contributed by atoms with Crippen LogP contribution in [0.2, 0.25) is 0 Å². The Labute approximate surface area is 65.5 Å². The molecule has 8 heteroatoms. The van der Waals surface area contributed by atoms with Crippen molar-refractivity contribution < 1.29 is 9.05 Å². The fourth-order valence-electron chi connectivity index (χ4n) is 0.724. The molecule has 2 aromatic rings. The molecule has 0 saturated heterocycles. The van der Waals surface area contributed by atoms with Crippen molar-refractivity contribution >= 4 is 11.8 Å². The minimum absolute atomic E-state index is 0.0254. The molecule has 2 rings (SSSR count). The molecule has 0 saturated carbocycles. The molecule has 4 N–H and O–H groups in total. The van der Waals surface area contributed by atoms with E-state index in [2.05, 4.69) is 29.8 Å². The first-order valence-corrected chi connectivity index (χ1v) is 2.95. The molecule has 0 aliphatic carbocycles. The van der Waals surface area contributed by atoms with Crippen molar-refractivity contribution in [1.29, 1.82) is 0 Å². The average Bonchev–Trinajstić information content (AvgIpc) is 2.59. The number of aromatic nitrogens is 4. The first-order chi connectivity index (χ1) is 5.79. The van der Waals surface area contributed by atoms with Gasteiger partial charge >= 0.3 is 0 Å². The Morgan fingerprint density at radius 3 is 1.50 bits per heavy atom. The van der Waals surface area contributed by atoms with E-state index in [4.69, 9.17) is 11.5 Å². The monoisotopic (exact) mass is 168 g/mol. The highest BCUT2D eigenvalue weighted by molar-refractivity contribution is 5.71. The van der Waals surface area contributed by atoms with Gasteiger partial charge in [0.25, 0.3) is 11.8 Å². The number of rotatable bonds is 1. The van der Waals surface area contributed by atoms with E-state index in [0.717, 1.165) is 0 Å². The molecule has 8 nitrogen and oxygen atoms in total. The van der Waals surface area contributed by atoms with Gasteiger partial charge in [-0.3, -0.25) is 0 Å². The van der Waals surface area contributed by atoms with Crippen LogP contribution in [0.4, 0.5) is 11.8 Å². The zero-order chi connectivity index (χ0) is 8.55. The summed E-state index contributed by atoms with van der Waals surface area (Å²) in [5.74, 6) is 0.0507. The van der Waals surface area contributed by atoms with Crippen LogP contribution in [0.15, 0.2) is 9.05 Å². The predicted molar refractivity (Wildman–Crippen MR) is 36.4 cm³/mol. The van der Waals surface area contributed by atoms with Gasteiger partial charge in [-0.2, -0.15) is 0 Å². The lowest BCUT2D eigenvalue weighted by molar-refractivity contribution is 0.407. The summed E-state index contributed by atoms with van der Waals surface area (Å²) in [6.45, 7) is 0. The molecule has 0 atom stereocenters. The fraction of sp³-hybridized carbons (Fsp3) is 0. The molecule has 0 fully saturated rings. The number of anilines is 2. The number of hydrogen-bond acceptors (Lipinski definition) is 8. The van der Waals surface area contributed by atoms with Crippen molar-refractivity contribution in [2.24, 2.45) is 0 Å². The van der Waals surface area contributed by atoms with E-state index in [9.17, 15) is 0 Å². The summed E-state index contributed by atoms with van der Waals surface area (Å²) in [5, 5.41) is 13.5. The maximum atomic E-state index is 5.34. The van der Waals surface area contributed by atoms with Gasteiger partial charge in [-0.1, -0.05) is 0 Å². The number of nitrogens with zero attached hydrogens (tertiary/aromatic N) is 4. The molecule has 0 bridgehead atoms. The smallest absolute Gasteiger partial charge is 0.252 e. The Bertz CT molecular complexity index is 353. The molecule has 0 aromatic carbocycles. The quantitative estimate of drug-likeness (QED) is 0.570. The van der Waals surface area contributed by atoms with Crippen LogP contribution in [0.25, 0.3) is 11.4 Å². The van der Waals surface area contributed by atoms with Gasteiger partial charge in [-0.05, 0) is 0 Å². The third-order valence-electron chi connectivity index (χ3n) is 1.25. The lowest BCUT2D eigenvalue weighted by Crippen LogP contribution is -1.91. The SMILES string of the molecule is Nc1onnc1-c1nnoc1N. The second-order valence-electron chi connectivity index (χ2n) is 1.97. The highest BCUT2D eigenvalue weighted by atomic mass is 16.5. The lowest BCUT2D eigenvalue weighted by atomic mass is 10.3. The Hall–Kier alpha value is -2.12. The maximum absolute atomic E-state index is 5.34. The first-order valence-electron chi connectivity index (χ1n) is 2.95. The van der Waals surface area contributed by atoms with Crippen molar-refractivity contribution in [3.8, 4) is 11.4 Å².